The van der Waals surface area contributed by atoms with Crippen molar-refractivity contribution in [2.45, 2.75) is 60.0 Å². The molecular formula is C26H32FN5O. The average Bonchev–Trinajstić information content (AvgIpc) is 3.13. The number of carbonyl (C=O) groups excluding carboxylic acids is 1. The van der Waals surface area contributed by atoms with E-state index in [0.717, 1.165) is 29.9 Å². The average molecular weight is 450 g/mol. The van der Waals surface area contributed by atoms with E-state index in [1.54, 1.807) is 19.1 Å². The van der Waals surface area contributed by atoms with Gasteiger partial charge in [-0.3, -0.25) is 14.8 Å². The first-order valence-corrected chi connectivity index (χ1v) is 11.3. The van der Waals surface area contributed by atoms with Crippen LogP contribution in [0.4, 0.5) is 10.1 Å². The SMILES string of the molecule is CCCn1cc(CN=C(NC(=O)c2ccc(C)c(F)c2)Nc2ccc(C(C)C)cc2)c(C)n1. The van der Waals surface area contributed by atoms with Crippen LogP contribution in [0.15, 0.2) is 53.7 Å². The Labute approximate surface area is 194 Å². The van der Waals surface area contributed by atoms with Gasteiger partial charge >= 0.3 is 0 Å². The Morgan fingerprint density at radius 1 is 1.15 bits per heavy atom. The van der Waals surface area contributed by atoms with Gasteiger partial charge in [0.25, 0.3) is 5.91 Å². The lowest BCUT2D eigenvalue weighted by Gasteiger charge is -2.13. The van der Waals surface area contributed by atoms with Gasteiger partial charge in [0.05, 0.1) is 12.2 Å². The van der Waals surface area contributed by atoms with E-state index in [-0.39, 0.29) is 5.56 Å². The van der Waals surface area contributed by atoms with Gasteiger partial charge < -0.3 is 5.32 Å². The zero-order chi connectivity index (χ0) is 24.0. The Balaban J connectivity index is 1.83. The highest BCUT2D eigenvalue weighted by Crippen LogP contribution is 2.17. The molecule has 0 saturated heterocycles. The molecule has 6 nitrogen and oxygen atoms in total. The molecule has 3 rings (SSSR count). The van der Waals surface area contributed by atoms with Crippen LogP contribution in [0.25, 0.3) is 0 Å². The van der Waals surface area contributed by atoms with Gasteiger partial charge in [0.2, 0.25) is 5.96 Å². The van der Waals surface area contributed by atoms with Crippen LogP contribution in [-0.2, 0) is 13.1 Å². The maximum absolute atomic E-state index is 14.0. The molecule has 3 aromatic rings. The van der Waals surface area contributed by atoms with Crippen molar-refractivity contribution in [3.8, 4) is 0 Å². The van der Waals surface area contributed by atoms with Crippen LogP contribution >= 0.6 is 0 Å². The molecule has 7 heteroatoms. The van der Waals surface area contributed by atoms with Crippen molar-refractivity contribution < 1.29 is 9.18 Å². The van der Waals surface area contributed by atoms with E-state index in [0.29, 0.717) is 24.0 Å². The van der Waals surface area contributed by atoms with Crippen LogP contribution in [0.5, 0.6) is 0 Å². The summed E-state index contributed by atoms with van der Waals surface area (Å²) < 4.78 is 15.9. The van der Waals surface area contributed by atoms with Crippen molar-refractivity contribution in [2.24, 2.45) is 4.99 Å². The van der Waals surface area contributed by atoms with Crippen LogP contribution in [-0.4, -0.2) is 21.6 Å². The van der Waals surface area contributed by atoms with Gasteiger partial charge in [-0.25, -0.2) is 9.38 Å². The van der Waals surface area contributed by atoms with Gasteiger partial charge in [-0.05, 0) is 61.6 Å². The predicted octanol–water partition coefficient (Wildman–Crippen LogP) is 5.57. The molecule has 0 saturated carbocycles. The van der Waals surface area contributed by atoms with E-state index in [4.69, 9.17) is 0 Å². The quantitative estimate of drug-likeness (QED) is 0.366. The number of benzene rings is 2. The number of carbonyl (C=O) groups is 1. The fourth-order valence-corrected chi connectivity index (χ4v) is 3.33. The summed E-state index contributed by atoms with van der Waals surface area (Å²) in [6.45, 7) is 11.2. The fraction of sp³-hybridized carbons (Fsp3) is 0.346. The number of halogens is 1. The highest BCUT2D eigenvalue weighted by atomic mass is 19.1. The zero-order valence-corrected chi connectivity index (χ0v) is 19.9. The first-order valence-electron chi connectivity index (χ1n) is 11.3. The molecule has 0 aliphatic heterocycles. The Bertz CT molecular complexity index is 1130. The summed E-state index contributed by atoms with van der Waals surface area (Å²) in [6.07, 6.45) is 2.97. The van der Waals surface area contributed by atoms with E-state index in [2.05, 4.69) is 41.5 Å². The molecule has 0 unspecified atom stereocenters. The summed E-state index contributed by atoms with van der Waals surface area (Å²) in [5, 5.41) is 10.5. The van der Waals surface area contributed by atoms with E-state index < -0.39 is 11.7 Å². The highest BCUT2D eigenvalue weighted by Gasteiger charge is 2.12. The summed E-state index contributed by atoms with van der Waals surface area (Å²) in [7, 11) is 0. The largest absolute Gasteiger partial charge is 0.326 e. The minimum atomic E-state index is -0.433. The topological polar surface area (TPSA) is 71.3 Å². The van der Waals surface area contributed by atoms with Gasteiger partial charge in [0.15, 0.2) is 0 Å². The second kappa shape index (κ2) is 10.9. The molecule has 2 aromatic carbocycles. The van der Waals surface area contributed by atoms with Crippen molar-refractivity contribution in [3.05, 3.63) is 82.4 Å². The second-order valence-corrected chi connectivity index (χ2v) is 8.49. The minimum Gasteiger partial charge on any atom is -0.326 e. The fourth-order valence-electron chi connectivity index (χ4n) is 3.33. The Kier molecular flexibility index (Phi) is 7.98. The lowest BCUT2D eigenvalue weighted by Crippen LogP contribution is -2.36. The standard InChI is InChI=1S/C26H32FN5O/c1-6-13-32-16-22(19(5)31-32)15-28-26(29-23-11-9-20(10-12-23)17(2)3)30-25(33)21-8-7-18(4)24(27)14-21/h7-12,14,16-17H,6,13,15H2,1-5H3,(H2,28,29,30,33). The summed E-state index contributed by atoms with van der Waals surface area (Å²) >= 11 is 0. The smallest absolute Gasteiger partial charge is 0.258 e. The van der Waals surface area contributed by atoms with Crippen molar-refractivity contribution in [1.29, 1.82) is 0 Å². The number of hydrogen-bond acceptors (Lipinski definition) is 3. The summed E-state index contributed by atoms with van der Waals surface area (Å²) in [5.41, 5.74) is 4.62. The number of aromatic nitrogens is 2. The van der Waals surface area contributed by atoms with Crippen molar-refractivity contribution in [1.82, 2.24) is 15.1 Å². The summed E-state index contributed by atoms with van der Waals surface area (Å²) in [5.74, 6) is -0.137. The van der Waals surface area contributed by atoms with Gasteiger partial charge in [-0.2, -0.15) is 5.10 Å². The molecular weight excluding hydrogens is 417 g/mol. The van der Waals surface area contributed by atoms with Crippen LogP contribution in [0, 0.1) is 19.7 Å². The normalized spacial score (nSPS) is 11.7. The third-order valence-electron chi connectivity index (χ3n) is 5.41. The molecule has 0 fully saturated rings. The predicted molar refractivity (Wildman–Crippen MR) is 131 cm³/mol. The third kappa shape index (κ3) is 6.51. The van der Waals surface area contributed by atoms with Gasteiger partial charge in [-0.15, -0.1) is 0 Å². The maximum Gasteiger partial charge on any atom is 0.258 e. The van der Waals surface area contributed by atoms with E-state index in [9.17, 15) is 9.18 Å². The lowest BCUT2D eigenvalue weighted by atomic mass is 10.0. The van der Waals surface area contributed by atoms with E-state index in [1.807, 2.05) is 42.1 Å². The van der Waals surface area contributed by atoms with E-state index >= 15 is 0 Å². The summed E-state index contributed by atoms with van der Waals surface area (Å²) in [6, 6.07) is 12.4. The molecule has 1 amide bonds. The van der Waals surface area contributed by atoms with Crippen LogP contribution in [0.1, 0.15) is 65.9 Å². The van der Waals surface area contributed by atoms with Crippen LogP contribution in [0.3, 0.4) is 0 Å². The van der Waals surface area contributed by atoms with E-state index in [1.165, 1.54) is 11.6 Å². The molecule has 0 radical (unpaired) electrons. The first kappa shape index (κ1) is 24.2. The number of aliphatic imine (C=N–C) groups is 1. The van der Waals surface area contributed by atoms with Crippen LogP contribution < -0.4 is 10.6 Å². The molecule has 2 N–H and O–H groups in total. The zero-order valence-electron chi connectivity index (χ0n) is 19.9. The van der Waals surface area contributed by atoms with Crippen molar-refractivity contribution >= 4 is 17.6 Å². The second-order valence-electron chi connectivity index (χ2n) is 8.49. The molecule has 0 bridgehead atoms. The minimum absolute atomic E-state index is 0.231. The van der Waals surface area contributed by atoms with Crippen molar-refractivity contribution in [2.75, 3.05) is 5.32 Å². The lowest BCUT2D eigenvalue weighted by molar-refractivity contribution is 0.0976. The molecule has 1 aromatic heterocycles. The number of rotatable bonds is 7. The number of guanidine groups is 1. The Hall–Kier alpha value is -3.48. The highest BCUT2D eigenvalue weighted by molar-refractivity contribution is 6.10. The monoisotopic (exact) mass is 449 g/mol. The maximum atomic E-state index is 14.0. The number of amides is 1. The molecule has 174 valence electrons. The molecule has 0 spiro atoms. The number of nitrogens with one attached hydrogen (secondary N) is 2. The van der Waals surface area contributed by atoms with Gasteiger partial charge in [0, 0.05) is 29.6 Å². The molecule has 0 aliphatic rings. The Morgan fingerprint density at radius 2 is 1.88 bits per heavy atom. The van der Waals surface area contributed by atoms with Gasteiger partial charge in [0.1, 0.15) is 5.82 Å². The first-order chi connectivity index (χ1) is 15.8. The van der Waals surface area contributed by atoms with Gasteiger partial charge in [-0.1, -0.05) is 39.0 Å². The van der Waals surface area contributed by atoms with Crippen LogP contribution in [0.2, 0.25) is 0 Å². The number of anilines is 1. The molecule has 0 aliphatic carbocycles. The molecule has 33 heavy (non-hydrogen) atoms. The molecule has 1 heterocycles. The number of hydrogen-bond donors (Lipinski definition) is 2. The van der Waals surface area contributed by atoms with Crippen molar-refractivity contribution in [3.63, 3.8) is 0 Å². The number of nitrogens with zero attached hydrogens (tertiary/aromatic N) is 3. The molecule has 0 atom stereocenters. The summed E-state index contributed by atoms with van der Waals surface area (Å²) in [4.78, 5) is 17.4. The Morgan fingerprint density at radius 3 is 2.52 bits per heavy atom. The third-order valence-corrected chi connectivity index (χ3v) is 5.41. The number of aryl methyl sites for hydroxylation is 3.